The number of hydrogen-bond acceptors (Lipinski definition) is 4. The maximum atomic E-state index is 12.4. The third-order valence-corrected chi connectivity index (χ3v) is 5.64. The molecule has 1 aromatic carbocycles. The van der Waals surface area contributed by atoms with E-state index in [-0.39, 0.29) is 20.8 Å². The number of aryl methyl sites for hydroxylation is 1. The second-order valence-corrected chi connectivity index (χ2v) is 7.51. The van der Waals surface area contributed by atoms with Gasteiger partial charge in [0.1, 0.15) is 10.0 Å². The van der Waals surface area contributed by atoms with E-state index < -0.39 is 10.0 Å². The van der Waals surface area contributed by atoms with Crippen molar-refractivity contribution >= 4 is 60.5 Å². The molecule has 0 atom stereocenters. The molecule has 0 unspecified atom stereocenters. The van der Waals surface area contributed by atoms with Crippen LogP contribution in [0.4, 0.5) is 11.4 Å². The van der Waals surface area contributed by atoms with Crippen molar-refractivity contribution in [2.45, 2.75) is 11.8 Å². The molecule has 0 fully saturated rings. The molecule has 1 aromatic heterocycles. The van der Waals surface area contributed by atoms with Gasteiger partial charge in [0.25, 0.3) is 10.0 Å². The number of benzene rings is 1. The van der Waals surface area contributed by atoms with Crippen LogP contribution in [0.5, 0.6) is 0 Å². The maximum absolute atomic E-state index is 12.4. The van der Waals surface area contributed by atoms with Crippen molar-refractivity contribution in [3.63, 3.8) is 0 Å². The fourth-order valence-corrected chi connectivity index (χ4v) is 3.67. The molecule has 0 saturated carbocycles. The van der Waals surface area contributed by atoms with E-state index >= 15 is 0 Å². The number of pyridine rings is 1. The second kappa shape index (κ2) is 6.00. The summed E-state index contributed by atoms with van der Waals surface area (Å²) in [5.41, 5.74) is 7.03. The van der Waals surface area contributed by atoms with E-state index in [0.29, 0.717) is 15.7 Å². The number of nitrogens with two attached hydrogens (primary N) is 1. The van der Waals surface area contributed by atoms with Crippen molar-refractivity contribution in [3.05, 3.63) is 44.6 Å². The Hall–Kier alpha value is -1.02. The average Bonchev–Trinajstić information content (AvgIpc) is 2.37. The van der Waals surface area contributed by atoms with Gasteiger partial charge in [0.15, 0.2) is 0 Å². The smallest absolute Gasteiger partial charge is 0.263 e. The molecule has 9 heteroatoms. The van der Waals surface area contributed by atoms with Gasteiger partial charge in [-0.3, -0.25) is 4.72 Å². The number of rotatable bonds is 3. The molecular formula is C12H10BrCl2N3O2S. The molecule has 0 bridgehead atoms. The van der Waals surface area contributed by atoms with Crippen LogP contribution in [0.2, 0.25) is 10.2 Å². The number of halogens is 3. The zero-order chi connectivity index (χ0) is 15.8. The average molecular weight is 411 g/mol. The summed E-state index contributed by atoms with van der Waals surface area (Å²) in [6, 6.07) is 4.32. The fraction of sp³-hybridized carbons (Fsp3) is 0.0833. The molecule has 0 spiro atoms. The first-order chi connectivity index (χ1) is 9.70. The Bertz CT molecular complexity index is 812. The highest BCUT2D eigenvalue weighted by molar-refractivity contribution is 9.10. The Kier molecular flexibility index (Phi) is 4.67. The van der Waals surface area contributed by atoms with Gasteiger partial charge in [0.2, 0.25) is 0 Å². The van der Waals surface area contributed by atoms with E-state index in [9.17, 15) is 8.42 Å². The first-order valence-corrected chi connectivity index (χ1v) is 8.63. The summed E-state index contributed by atoms with van der Waals surface area (Å²) in [7, 11) is -3.88. The summed E-state index contributed by atoms with van der Waals surface area (Å²) in [6.07, 6.45) is 1.30. The van der Waals surface area contributed by atoms with Crippen molar-refractivity contribution in [2.24, 2.45) is 0 Å². The third-order valence-electron chi connectivity index (χ3n) is 2.66. The molecule has 0 aliphatic heterocycles. The molecule has 2 rings (SSSR count). The van der Waals surface area contributed by atoms with Gasteiger partial charge in [0, 0.05) is 5.69 Å². The van der Waals surface area contributed by atoms with E-state index in [1.54, 1.807) is 6.92 Å². The zero-order valence-corrected chi connectivity index (χ0v) is 14.6. The van der Waals surface area contributed by atoms with Crippen LogP contribution in [0.15, 0.2) is 33.8 Å². The van der Waals surface area contributed by atoms with Gasteiger partial charge in [0.05, 0.1) is 21.4 Å². The minimum Gasteiger partial charge on any atom is -0.398 e. The molecule has 0 saturated heterocycles. The van der Waals surface area contributed by atoms with Crippen molar-refractivity contribution in [1.29, 1.82) is 0 Å². The zero-order valence-electron chi connectivity index (χ0n) is 10.7. The monoisotopic (exact) mass is 409 g/mol. The topological polar surface area (TPSA) is 85.1 Å². The van der Waals surface area contributed by atoms with E-state index in [1.165, 1.54) is 24.4 Å². The van der Waals surface area contributed by atoms with Gasteiger partial charge >= 0.3 is 0 Å². The lowest BCUT2D eigenvalue weighted by Gasteiger charge is -2.11. The quantitative estimate of drug-likeness (QED) is 0.594. The normalized spacial score (nSPS) is 11.4. The van der Waals surface area contributed by atoms with Crippen LogP contribution in [0.25, 0.3) is 0 Å². The van der Waals surface area contributed by atoms with Gasteiger partial charge in [-0.15, -0.1) is 0 Å². The summed E-state index contributed by atoms with van der Waals surface area (Å²) in [5.74, 6) is 0. The largest absolute Gasteiger partial charge is 0.398 e. The fourth-order valence-electron chi connectivity index (χ4n) is 1.56. The molecule has 21 heavy (non-hydrogen) atoms. The van der Waals surface area contributed by atoms with Crippen LogP contribution in [0.3, 0.4) is 0 Å². The van der Waals surface area contributed by atoms with E-state index in [4.69, 9.17) is 28.9 Å². The standard InChI is InChI=1S/C12H10BrCl2N3O2S/c1-6-2-9(14)11(4-10(6)16)21(19,20)18-7-3-8(13)12(15)17-5-7/h2-5,18H,16H2,1H3. The number of hydrogen-bond donors (Lipinski definition) is 2. The highest BCUT2D eigenvalue weighted by atomic mass is 79.9. The summed E-state index contributed by atoms with van der Waals surface area (Å²) in [5, 5.41) is 0.325. The first-order valence-electron chi connectivity index (χ1n) is 5.60. The summed E-state index contributed by atoms with van der Waals surface area (Å²) >= 11 is 14.9. The molecule has 3 N–H and O–H groups in total. The minimum absolute atomic E-state index is 0.0928. The lowest BCUT2D eigenvalue weighted by molar-refractivity contribution is 0.601. The van der Waals surface area contributed by atoms with Crippen LogP contribution >= 0.6 is 39.1 Å². The first kappa shape index (κ1) is 16.4. The molecular weight excluding hydrogens is 401 g/mol. The Labute approximate surface area is 140 Å². The van der Waals surface area contributed by atoms with Crippen molar-refractivity contribution in [2.75, 3.05) is 10.5 Å². The van der Waals surface area contributed by atoms with Gasteiger partial charge in [-0.25, -0.2) is 13.4 Å². The Morgan fingerprint density at radius 2 is 1.95 bits per heavy atom. The van der Waals surface area contributed by atoms with Gasteiger partial charge < -0.3 is 5.73 Å². The molecule has 0 amide bonds. The van der Waals surface area contributed by atoms with Crippen LogP contribution < -0.4 is 10.5 Å². The predicted molar refractivity (Wildman–Crippen MR) is 88.4 cm³/mol. The molecule has 0 aliphatic carbocycles. The lowest BCUT2D eigenvalue weighted by Crippen LogP contribution is -2.14. The summed E-state index contributed by atoms with van der Waals surface area (Å²) < 4.78 is 27.6. The Balaban J connectivity index is 2.43. The molecule has 0 radical (unpaired) electrons. The summed E-state index contributed by atoms with van der Waals surface area (Å²) in [6.45, 7) is 1.74. The highest BCUT2D eigenvalue weighted by Gasteiger charge is 2.20. The van der Waals surface area contributed by atoms with Gasteiger partial charge in [-0.05, 0) is 46.6 Å². The van der Waals surface area contributed by atoms with Crippen molar-refractivity contribution in [1.82, 2.24) is 4.98 Å². The van der Waals surface area contributed by atoms with Crippen LogP contribution in [-0.4, -0.2) is 13.4 Å². The SMILES string of the molecule is Cc1cc(Cl)c(S(=O)(=O)Nc2cnc(Cl)c(Br)c2)cc1N. The molecule has 5 nitrogen and oxygen atoms in total. The van der Waals surface area contributed by atoms with E-state index in [0.717, 1.165) is 0 Å². The van der Waals surface area contributed by atoms with Crippen LogP contribution in [0, 0.1) is 6.92 Å². The van der Waals surface area contributed by atoms with Gasteiger partial charge in [-0.2, -0.15) is 0 Å². The molecule has 0 aliphatic rings. The number of nitrogens with one attached hydrogen (secondary N) is 1. The Morgan fingerprint density at radius 1 is 1.29 bits per heavy atom. The lowest BCUT2D eigenvalue weighted by atomic mass is 10.2. The third kappa shape index (κ3) is 3.60. The van der Waals surface area contributed by atoms with Crippen molar-refractivity contribution < 1.29 is 8.42 Å². The van der Waals surface area contributed by atoms with E-state index in [2.05, 4.69) is 25.6 Å². The van der Waals surface area contributed by atoms with Crippen LogP contribution in [-0.2, 0) is 10.0 Å². The van der Waals surface area contributed by atoms with Crippen molar-refractivity contribution in [3.8, 4) is 0 Å². The predicted octanol–water partition coefficient (Wildman–Crippen LogP) is 3.84. The van der Waals surface area contributed by atoms with E-state index in [1.807, 2.05) is 0 Å². The number of aromatic nitrogens is 1. The van der Waals surface area contributed by atoms with Crippen LogP contribution in [0.1, 0.15) is 5.56 Å². The second-order valence-electron chi connectivity index (χ2n) is 4.24. The van der Waals surface area contributed by atoms with Gasteiger partial charge in [-0.1, -0.05) is 23.2 Å². The maximum Gasteiger partial charge on any atom is 0.263 e. The molecule has 112 valence electrons. The molecule has 1 heterocycles. The number of sulfonamides is 1. The number of anilines is 2. The molecule has 2 aromatic rings. The minimum atomic E-state index is -3.88. The highest BCUT2D eigenvalue weighted by Crippen LogP contribution is 2.29. The number of nitrogens with zero attached hydrogens (tertiary/aromatic N) is 1. The summed E-state index contributed by atoms with van der Waals surface area (Å²) in [4.78, 5) is 3.75. The number of nitrogen functional groups attached to an aromatic ring is 1. The Morgan fingerprint density at radius 3 is 2.57 bits per heavy atom.